The minimum atomic E-state index is -1.04. The Morgan fingerprint density at radius 2 is 1.95 bits per heavy atom. The molecule has 0 spiro atoms. The average molecular weight is 265 g/mol. The van der Waals surface area contributed by atoms with Crippen molar-refractivity contribution in [2.45, 2.75) is 13.3 Å². The molecule has 6 nitrogen and oxygen atoms in total. The molecule has 1 aromatic rings. The van der Waals surface area contributed by atoms with Gasteiger partial charge in [0.25, 0.3) is 0 Å². The van der Waals surface area contributed by atoms with Crippen molar-refractivity contribution in [2.24, 2.45) is 5.92 Å². The van der Waals surface area contributed by atoms with Crippen molar-refractivity contribution in [3.8, 4) is 0 Å². The van der Waals surface area contributed by atoms with Crippen LogP contribution in [0.25, 0.3) is 0 Å². The van der Waals surface area contributed by atoms with Crippen LogP contribution in [0.2, 0.25) is 0 Å². The Labute approximate surface area is 110 Å². The predicted molar refractivity (Wildman–Crippen MR) is 67.4 cm³/mol. The van der Waals surface area contributed by atoms with Crippen LogP contribution in [-0.2, 0) is 9.53 Å². The Kier molecular flexibility index (Phi) is 5.66. The second-order valence-corrected chi connectivity index (χ2v) is 3.96. The summed E-state index contributed by atoms with van der Waals surface area (Å²) in [5.74, 6) is -2.05. The third-order valence-electron chi connectivity index (χ3n) is 2.52. The molecule has 1 rings (SSSR count). The molecule has 19 heavy (non-hydrogen) atoms. The maximum atomic E-state index is 11.9. The number of nitro groups is 1. The van der Waals surface area contributed by atoms with Crippen molar-refractivity contribution in [3.05, 3.63) is 46.0 Å². The molecule has 0 bridgehead atoms. The summed E-state index contributed by atoms with van der Waals surface area (Å²) in [5.41, 5.74) is 0.431. The molecule has 0 aliphatic rings. The van der Waals surface area contributed by atoms with E-state index < -0.39 is 23.4 Å². The molecule has 0 amide bonds. The Balaban J connectivity index is 2.74. The molecule has 0 saturated carbocycles. The minimum Gasteiger partial charge on any atom is -0.466 e. The Bertz CT molecular complexity index is 457. The fraction of sp³-hybridized carbons (Fsp3) is 0.385. The second-order valence-electron chi connectivity index (χ2n) is 3.96. The van der Waals surface area contributed by atoms with E-state index in [2.05, 4.69) is 0 Å². The van der Waals surface area contributed by atoms with Gasteiger partial charge in [-0.2, -0.15) is 0 Å². The highest BCUT2D eigenvalue weighted by molar-refractivity contribution is 5.98. The van der Waals surface area contributed by atoms with Crippen molar-refractivity contribution in [2.75, 3.05) is 13.2 Å². The molecular formula is C13H15NO5. The molecule has 0 heterocycles. The lowest BCUT2D eigenvalue weighted by Gasteiger charge is -2.10. The second kappa shape index (κ2) is 7.25. The van der Waals surface area contributed by atoms with Gasteiger partial charge < -0.3 is 4.74 Å². The number of esters is 1. The molecule has 0 radical (unpaired) electrons. The van der Waals surface area contributed by atoms with Gasteiger partial charge >= 0.3 is 5.97 Å². The summed E-state index contributed by atoms with van der Waals surface area (Å²) in [4.78, 5) is 33.4. The van der Waals surface area contributed by atoms with Crippen LogP contribution in [0.15, 0.2) is 30.3 Å². The van der Waals surface area contributed by atoms with Gasteiger partial charge in [-0.3, -0.25) is 19.7 Å². The van der Waals surface area contributed by atoms with Crippen LogP contribution in [0, 0.1) is 16.0 Å². The molecule has 1 aromatic carbocycles. The summed E-state index contributed by atoms with van der Waals surface area (Å²) in [6.07, 6.45) is -0.218. The van der Waals surface area contributed by atoms with E-state index in [9.17, 15) is 19.7 Å². The van der Waals surface area contributed by atoms with Crippen LogP contribution in [0.5, 0.6) is 0 Å². The highest BCUT2D eigenvalue weighted by atomic mass is 16.6. The van der Waals surface area contributed by atoms with Gasteiger partial charge in [0.2, 0.25) is 6.54 Å². The number of benzene rings is 1. The highest BCUT2D eigenvalue weighted by Crippen LogP contribution is 2.12. The highest BCUT2D eigenvalue weighted by Gasteiger charge is 2.28. The molecule has 0 fully saturated rings. The lowest BCUT2D eigenvalue weighted by molar-refractivity contribution is -0.485. The van der Waals surface area contributed by atoms with Gasteiger partial charge in [-0.05, 0) is 6.92 Å². The molecule has 0 aliphatic carbocycles. The van der Waals surface area contributed by atoms with E-state index in [1.807, 2.05) is 0 Å². The maximum Gasteiger partial charge on any atom is 0.316 e. The smallest absolute Gasteiger partial charge is 0.316 e. The lowest BCUT2D eigenvalue weighted by atomic mass is 9.98. The first-order valence-electron chi connectivity index (χ1n) is 5.91. The summed E-state index contributed by atoms with van der Waals surface area (Å²) < 4.78 is 4.75. The van der Waals surface area contributed by atoms with Crippen LogP contribution in [0.3, 0.4) is 0 Å². The quantitative estimate of drug-likeness (QED) is 0.324. The van der Waals surface area contributed by atoms with Gasteiger partial charge in [-0.1, -0.05) is 30.3 Å². The molecule has 0 aliphatic heterocycles. The molecular weight excluding hydrogens is 250 g/mol. The molecule has 0 saturated heterocycles. The summed E-state index contributed by atoms with van der Waals surface area (Å²) in [5, 5.41) is 10.5. The van der Waals surface area contributed by atoms with Gasteiger partial charge in [0.05, 0.1) is 6.61 Å². The van der Waals surface area contributed by atoms with E-state index in [1.54, 1.807) is 37.3 Å². The third kappa shape index (κ3) is 4.87. The number of nitrogens with zero attached hydrogens (tertiary/aromatic N) is 1. The molecule has 0 aromatic heterocycles. The van der Waals surface area contributed by atoms with Crippen LogP contribution in [0.1, 0.15) is 23.7 Å². The van der Waals surface area contributed by atoms with E-state index in [4.69, 9.17) is 4.74 Å². The fourth-order valence-electron chi connectivity index (χ4n) is 1.63. The van der Waals surface area contributed by atoms with Gasteiger partial charge in [-0.15, -0.1) is 0 Å². The number of Topliss-reactive ketones (excluding diaryl/α,β-unsaturated/α-hetero) is 1. The van der Waals surface area contributed by atoms with E-state index in [0.717, 1.165) is 0 Å². The molecule has 0 N–H and O–H groups in total. The zero-order valence-corrected chi connectivity index (χ0v) is 10.6. The van der Waals surface area contributed by atoms with Crippen molar-refractivity contribution >= 4 is 11.8 Å². The Morgan fingerprint density at radius 1 is 1.32 bits per heavy atom. The van der Waals surface area contributed by atoms with E-state index in [1.165, 1.54) is 0 Å². The first-order valence-corrected chi connectivity index (χ1v) is 5.91. The van der Waals surface area contributed by atoms with Crippen LogP contribution in [-0.4, -0.2) is 29.8 Å². The van der Waals surface area contributed by atoms with Crippen molar-refractivity contribution in [1.29, 1.82) is 0 Å². The minimum absolute atomic E-state index is 0.132. The molecule has 1 atom stereocenters. The van der Waals surface area contributed by atoms with Crippen molar-refractivity contribution in [1.82, 2.24) is 0 Å². The van der Waals surface area contributed by atoms with Crippen molar-refractivity contribution < 1.29 is 19.2 Å². The summed E-state index contributed by atoms with van der Waals surface area (Å²) in [6, 6.07) is 8.37. The number of rotatable bonds is 7. The van der Waals surface area contributed by atoms with Gasteiger partial charge in [0.1, 0.15) is 5.92 Å². The monoisotopic (exact) mass is 265 g/mol. The van der Waals surface area contributed by atoms with Gasteiger partial charge in [-0.25, -0.2) is 0 Å². The van der Waals surface area contributed by atoms with E-state index >= 15 is 0 Å². The number of hydrogen-bond donors (Lipinski definition) is 0. The summed E-state index contributed by atoms with van der Waals surface area (Å²) in [6.45, 7) is 1.14. The van der Waals surface area contributed by atoms with Crippen LogP contribution < -0.4 is 0 Å². The SMILES string of the molecule is CCOC(=O)[C@H](CC(=O)c1ccccc1)C[N+](=O)[O-]. The largest absolute Gasteiger partial charge is 0.466 e. The zero-order chi connectivity index (χ0) is 14.3. The summed E-state index contributed by atoms with van der Waals surface area (Å²) >= 11 is 0. The predicted octanol–water partition coefficient (Wildman–Crippen LogP) is 1.72. The molecule has 102 valence electrons. The van der Waals surface area contributed by atoms with Gasteiger partial charge in [0, 0.05) is 16.9 Å². The molecule has 0 unspecified atom stereocenters. The number of carbonyl (C=O) groups excluding carboxylic acids is 2. The normalized spacial score (nSPS) is 11.6. The van der Waals surface area contributed by atoms with E-state index in [-0.39, 0.29) is 18.8 Å². The topological polar surface area (TPSA) is 86.5 Å². The van der Waals surface area contributed by atoms with Gasteiger partial charge in [0.15, 0.2) is 5.78 Å². The maximum absolute atomic E-state index is 11.9. The Hall–Kier alpha value is -2.24. The number of ether oxygens (including phenoxy) is 1. The number of ketones is 1. The third-order valence-corrected chi connectivity index (χ3v) is 2.52. The van der Waals surface area contributed by atoms with E-state index in [0.29, 0.717) is 5.56 Å². The van der Waals surface area contributed by atoms with Crippen LogP contribution in [0.4, 0.5) is 0 Å². The first kappa shape index (κ1) is 14.8. The number of carbonyl (C=O) groups is 2. The zero-order valence-electron chi connectivity index (χ0n) is 10.6. The summed E-state index contributed by atoms with van der Waals surface area (Å²) in [7, 11) is 0. The standard InChI is InChI=1S/C13H15NO5/c1-2-19-13(16)11(9-14(17)18)8-12(15)10-6-4-3-5-7-10/h3-7,11H,2,8-9H2,1H3/t11-/m1/s1. The van der Waals surface area contributed by atoms with Crippen LogP contribution >= 0.6 is 0 Å². The fourth-order valence-corrected chi connectivity index (χ4v) is 1.63. The molecule has 6 heteroatoms. The Morgan fingerprint density at radius 3 is 2.47 bits per heavy atom. The first-order chi connectivity index (χ1) is 9.04. The lowest BCUT2D eigenvalue weighted by Crippen LogP contribution is -2.27. The average Bonchev–Trinajstić information content (AvgIpc) is 2.38. The van der Waals surface area contributed by atoms with Crippen molar-refractivity contribution in [3.63, 3.8) is 0 Å². The number of hydrogen-bond acceptors (Lipinski definition) is 5.